The third-order valence-electron chi connectivity index (χ3n) is 6.70. The molecule has 42 heavy (non-hydrogen) atoms. The molecule has 0 aliphatic heterocycles. The van der Waals surface area contributed by atoms with Crippen molar-refractivity contribution in [1.82, 2.24) is 9.99 Å². The van der Waals surface area contributed by atoms with Gasteiger partial charge in [0.1, 0.15) is 6.61 Å². The smallest absolute Gasteiger partial charge is 0.335 e. The van der Waals surface area contributed by atoms with E-state index in [4.69, 9.17) is 14.6 Å². The summed E-state index contributed by atoms with van der Waals surface area (Å²) in [6, 6.07) is 33.5. The van der Waals surface area contributed by atoms with Crippen molar-refractivity contribution in [2.24, 2.45) is 5.10 Å². The molecular weight excluding hydrogens is 530 g/mol. The molecule has 0 aliphatic rings. The number of ether oxygens (including phenoxy) is 2. The Morgan fingerprint density at radius 2 is 1.57 bits per heavy atom. The van der Waals surface area contributed by atoms with Gasteiger partial charge in [0.05, 0.1) is 24.6 Å². The van der Waals surface area contributed by atoms with Gasteiger partial charge in [-0.05, 0) is 90.3 Å². The van der Waals surface area contributed by atoms with Gasteiger partial charge in [0.15, 0.2) is 11.5 Å². The van der Waals surface area contributed by atoms with Crippen molar-refractivity contribution in [3.63, 3.8) is 0 Å². The molecular formula is C34H29N3O5. The lowest BCUT2D eigenvalue weighted by atomic mass is 10.1. The number of methoxy groups -OCH3 is 1. The summed E-state index contributed by atoms with van der Waals surface area (Å²) in [7, 11) is 1.54. The lowest BCUT2D eigenvalue weighted by Crippen LogP contribution is -2.17. The molecule has 1 aromatic heterocycles. The fourth-order valence-electron chi connectivity index (χ4n) is 4.50. The van der Waals surface area contributed by atoms with Gasteiger partial charge in [-0.2, -0.15) is 5.10 Å². The molecule has 2 N–H and O–H groups in total. The molecule has 8 nitrogen and oxygen atoms in total. The zero-order valence-corrected chi connectivity index (χ0v) is 23.2. The van der Waals surface area contributed by atoms with Gasteiger partial charge in [-0.15, -0.1) is 0 Å². The Bertz CT molecular complexity index is 1720. The van der Waals surface area contributed by atoms with E-state index in [-0.39, 0.29) is 18.1 Å². The van der Waals surface area contributed by atoms with E-state index in [2.05, 4.69) is 46.3 Å². The highest BCUT2D eigenvalue weighted by Gasteiger charge is 2.11. The molecule has 0 spiro atoms. The van der Waals surface area contributed by atoms with Crippen LogP contribution in [-0.4, -0.2) is 34.9 Å². The second kappa shape index (κ2) is 12.7. The Morgan fingerprint density at radius 1 is 0.857 bits per heavy atom. The van der Waals surface area contributed by atoms with Gasteiger partial charge in [-0.1, -0.05) is 42.5 Å². The third-order valence-corrected chi connectivity index (χ3v) is 6.70. The van der Waals surface area contributed by atoms with Crippen LogP contribution < -0.4 is 14.9 Å². The standard InChI is InChI=1S/C34H29N3O5/c1-23-8-18-30(26-6-4-3-5-7-26)37(23)29-16-14-27(15-17-29)33(38)36-35-21-25-11-19-31(32(20-25)41-2)42-22-24-9-12-28(13-10-24)34(39)40/h3-21H,22H2,1-2H3,(H,36,38)(H,39,40)/b35-21+. The fraction of sp³-hybridized carbons (Fsp3) is 0.0882. The number of carbonyl (C=O) groups is 2. The molecule has 0 fully saturated rings. The van der Waals surface area contributed by atoms with E-state index < -0.39 is 5.97 Å². The van der Waals surface area contributed by atoms with Gasteiger partial charge in [-0.3, -0.25) is 4.79 Å². The molecule has 1 amide bonds. The number of aromatic carboxylic acids is 1. The van der Waals surface area contributed by atoms with Crippen molar-refractivity contribution >= 4 is 18.1 Å². The summed E-state index contributed by atoms with van der Waals surface area (Å²) in [6.45, 7) is 2.30. The lowest BCUT2D eigenvalue weighted by Gasteiger charge is -2.13. The highest BCUT2D eigenvalue weighted by Crippen LogP contribution is 2.29. The van der Waals surface area contributed by atoms with Crippen LogP contribution in [0, 0.1) is 6.92 Å². The zero-order valence-electron chi connectivity index (χ0n) is 23.2. The number of rotatable bonds is 10. The largest absolute Gasteiger partial charge is 0.493 e. The van der Waals surface area contributed by atoms with Crippen molar-refractivity contribution in [1.29, 1.82) is 0 Å². The number of aromatic nitrogens is 1. The SMILES string of the molecule is COc1cc(/C=N/NC(=O)c2ccc(-n3c(C)ccc3-c3ccccc3)cc2)ccc1OCc1ccc(C(=O)O)cc1. The third kappa shape index (κ3) is 6.39. The van der Waals surface area contributed by atoms with Crippen molar-refractivity contribution in [2.75, 3.05) is 7.11 Å². The highest BCUT2D eigenvalue weighted by molar-refractivity contribution is 5.95. The molecule has 0 atom stereocenters. The molecule has 0 saturated heterocycles. The fourth-order valence-corrected chi connectivity index (χ4v) is 4.50. The number of hydrazone groups is 1. The molecule has 5 aromatic rings. The van der Waals surface area contributed by atoms with Gasteiger partial charge in [0, 0.05) is 16.9 Å². The van der Waals surface area contributed by atoms with Gasteiger partial charge >= 0.3 is 5.97 Å². The molecule has 1 heterocycles. The van der Waals surface area contributed by atoms with E-state index in [0.717, 1.165) is 28.2 Å². The Kier molecular flexibility index (Phi) is 8.44. The molecule has 5 rings (SSSR count). The maximum Gasteiger partial charge on any atom is 0.335 e. The topological polar surface area (TPSA) is 102 Å². The van der Waals surface area contributed by atoms with Crippen molar-refractivity contribution in [2.45, 2.75) is 13.5 Å². The molecule has 0 aliphatic carbocycles. The quantitative estimate of drug-likeness (QED) is 0.150. The molecule has 210 valence electrons. The van der Waals surface area contributed by atoms with Crippen LogP contribution in [0.5, 0.6) is 11.5 Å². The van der Waals surface area contributed by atoms with Gasteiger partial charge in [0.2, 0.25) is 0 Å². The second-order valence-electron chi connectivity index (χ2n) is 9.51. The van der Waals surface area contributed by atoms with Crippen LogP contribution >= 0.6 is 0 Å². The van der Waals surface area contributed by atoms with E-state index in [0.29, 0.717) is 22.6 Å². The summed E-state index contributed by atoms with van der Waals surface area (Å²) in [5.41, 5.74) is 9.05. The Hall–Kier alpha value is -5.63. The van der Waals surface area contributed by atoms with E-state index in [1.807, 2.05) is 30.3 Å². The average molecular weight is 560 g/mol. The number of carboxylic acids is 1. The molecule has 8 heteroatoms. The predicted molar refractivity (Wildman–Crippen MR) is 162 cm³/mol. The number of carbonyl (C=O) groups excluding carboxylic acids is 1. The van der Waals surface area contributed by atoms with E-state index in [1.54, 1.807) is 42.5 Å². The molecule has 0 saturated carbocycles. The number of nitrogens with one attached hydrogen (secondary N) is 1. The predicted octanol–water partition coefficient (Wildman–Crippen LogP) is 6.50. The van der Waals surface area contributed by atoms with Crippen LogP contribution in [0.1, 0.15) is 37.5 Å². The summed E-state index contributed by atoms with van der Waals surface area (Å²) in [5, 5.41) is 13.1. The minimum absolute atomic E-state index is 0.216. The number of hydrogen-bond acceptors (Lipinski definition) is 5. The van der Waals surface area contributed by atoms with Crippen LogP contribution in [0.25, 0.3) is 16.9 Å². The zero-order chi connectivity index (χ0) is 29.5. The monoisotopic (exact) mass is 559 g/mol. The van der Waals surface area contributed by atoms with Crippen molar-refractivity contribution < 1.29 is 24.2 Å². The summed E-state index contributed by atoms with van der Waals surface area (Å²) in [4.78, 5) is 23.8. The van der Waals surface area contributed by atoms with Crippen LogP contribution in [0.3, 0.4) is 0 Å². The minimum Gasteiger partial charge on any atom is -0.493 e. The number of carboxylic acid groups (broad SMARTS) is 1. The van der Waals surface area contributed by atoms with Gasteiger partial charge < -0.3 is 19.1 Å². The normalized spacial score (nSPS) is 10.9. The summed E-state index contributed by atoms with van der Waals surface area (Å²) >= 11 is 0. The van der Waals surface area contributed by atoms with Gasteiger partial charge in [0.25, 0.3) is 5.91 Å². The minimum atomic E-state index is -0.976. The Morgan fingerprint density at radius 3 is 2.26 bits per heavy atom. The van der Waals surface area contributed by atoms with E-state index >= 15 is 0 Å². The lowest BCUT2D eigenvalue weighted by molar-refractivity contribution is 0.0696. The second-order valence-corrected chi connectivity index (χ2v) is 9.51. The van der Waals surface area contributed by atoms with Crippen molar-refractivity contribution in [3.05, 3.63) is 137 Å². The number of amides is 1. The maximum atomic E-state index is 12.7. The van der Waals surface area contributed by atoms with Crippen molar-refractivity contribution in [3.8, 4) is 28.4 Å². The molecule has 4 aromatic carbocycles. The summed E-state index contributed by atoms with van der Waals surface area (Å²) in [5.74, 6) is -0.283. The number of benzene rings is 4. The number of hydrogen-bond donors (Lipinski definition) is 2. The summed E-state index contributed by atoms with van der Waals surface area (Å²) < 4.78 is 13.5. The molecule has 0 unspecified atom stereocenters. The summed E-state index contributed by atoms with van der Waals surface area (Å²) in [6.07, 6.45) is 1.53. The molecule has 0 radical (unpaired) electrons. The van der Waals surface area contributed by atoms with E-state index in [9.17, 15) is 9.59 Å². The molecule has 0 bridgehead atoms. The average Bonchev–Trinajstić information content (AvgIpc) is 3.42. The number of nitrogens with zero attached hydrogens (tertiary/aromatic N) is 2. The first-order valence-electron chi connectivity index (χ1n) is 13.2. The van der Waals surface area contributed by atoms with Crippen LogP contribution in [0.4, 0.5) is 0 Å². The first kappa shape index (κ1) is 27.9. The first-order chi connectivity index (χ1) is 20.4. The number of aryl methyl sites for hydroxylation is 1. The Balaban J connectivity index is 1.21. The van der Waals surface area contributed by atoms with Gasteiger partial charge in [-0.25, -0.2) is 10.2 Å². The van der Waals surface area contributed by atoms with Crippen LogP contribution in [-0.2, 0) is 6.61 Å². The first-order valence-corrected chi connectivity index (χ1v) is 13.2. The van der Waals surface area contributed by atoms with Crippen LogP contribution in [0.15, 0.2) is 114 Å². The Labute approximate surface area is 243 Å². The maximum absolute atomic E-state index is 12.7. The van der Waals surface area contributed by atoms with Crippen LogP contribution in [0.2, 0.25) is 0 Å². The highest BCUT2D eigenvalue weighted by atomic mass is 16.5. The van der Waals surface area contributed by atoms with E-state index in [1.165, 1.54) is 25.5 Å².